The van der Waals surface area contributed by atoms with Gasteiger partial charge in [-0.2, -0.15) is 5.26 Å². The fourth-order valence-electron chi connectivity index (χ4n) is 4.03. The number of benzene rings is 1. The lowest BCUT2D eigenvalue weighted by atomic mass is 9.96. The van der Waals surface area contributed by atoms with Crippen molar-refractivity contribution in [2.45, 2.75) is 50.4 Å². The summed E-state index contributed by atoms with van der Waals surface area (Å²) in [7, 11) is -3.52. The van der Waals surface area contributed by atoms with E-state index in [9.17, 15) is 31.5 Å². The molecule has 13 heteroatoms. The SMILES string of the molecule is CS(=O)(=O)NC1(C(O)N2CCC[C@@H](C(=O)NCc3ccc(C#N)cc3OC(F)(F)F)C2)CC1. The van der Waals surface area contributed by atoms with Crippen LogP contribution in [0.1, 0.15) is 36.8 Å². The van der Waals surface area contributed by atoms with Gasteiger partial charge in [0.2, 0.25) is 15.9 Å². The number of hydrogen-bond acceptors (Lipinski definition) is 7. The maximum Gasteiger partial charge on any atom is 0.573 e. The van der Waals surface area contributed by atoms with Crippen LogP contribution in [-0.2, 0) is 21.4 Å². The van der Waals surface area contributed by atoms with E-state index >= 15 is 0 Å². The number of likely N-dealkylation sites (tertiary alicyclic amines) is 1. The number of alkyl halides is 3. The zero-order valence-corrected chi connectivity index (χ0v) is 18.7. The summed E-state index contributed by atoms with van der Waals surface area (Å²) >= 11 is 0. The van der Waals surface area contributed by atoms with E-state index in [1.54, 1.807) is 11.0 Å². The van der Waals surface area contributed by atoms with Gasteiger partial charge in [-0.15, -0.1) is 13.2 Å². The molecule has 1 aromatic carbocycles. The lowest BCUT2D eigenvalue weighted by molar-refractivity contribution is -0.274. The molecule has 2 aliphatic rings. The molecule has 2 atom stereocenters. The Balaban J connectivity index is 1.63. The van der Waals surface area contributed by atoms with Crippen molar-refractivity contribution in [3.05, 3.63) is 29.3 Å². The van der Waals surface area contributed by atoms with Crippen LogP contribution in [0.4, 0.5) is 13.2 Å². The molecule has 1 amide bonds. The second-order valence-corrected chi connectivity index (χ2v) is 10.2. The van der Waals surface area contributed by atoms with Gasteiger partial charge in [-0.25, -0.2) is 13.1 Å². The number of nitrogens with one attached hydrogen (secondary N) is 2. The van der Waals surface area contributed by atoms with Crippen LogP contribution in [0.25, 0.3) is 0 Å². The minimum absolute atomic E-state index is 0.0158. The van der Waals surface area contributed by atoms with Crippen molar-refractivity contribution in [3.63, 3.8) is 0 Å². The van der Waals surface area contributed by atoms with E-state index in [1.165, 1.54) is 12.1 Å². The number of nitriles is 1. The number of aliphatic hydroxyl groups is 1. The van der Waals surface area contributed by atoms with E-state index in [0.717, 1.165) is 12.3 Å². The van der Waals surface area contributed by atoms with Gasteiger partial charge in [-0.1, -0.05) is 6.07 Å². The summed E-state index contributed by atoms with van der Waals surface area (Å²) in [6.07, 6.45) is -2.96. The second-order valence-electron chi connectivity index (χ2n) is 8.44. The number of nitrogens with zero attached hydrogens (tertiary/aromatic N) is 2. The molecule has 9 nitrogen and oxygen atoms in total. The van der Waals surface area contributed by atoms with Crippen molar-refractivity contribution in [2.24, 2.45) is 5.92 Å². The number of amides is 1. The second kappa shape index (κ2) is 9.46. The third-order valence-corrected chi connectivity index (χ3v) is 6.49. The molecule has 0 spiro atoms. The van der Waals surface area contributed by atoms with Crippen LogP contribution in [0.15, 0.2) is 18.2 Å². The third-order valence-electron chi connectivity index (χ3n) is 5.72. The third kappa shape index (κ3) is 6.80. The highest BCUT2D eigenvalue weighted by molar-refractivity contribution is 7.88. The van der Waals surface area contributed by atoms with Crippen LogP contribution in [0.5, 0.6) is 5.75 Å². The van der Waals surface area contributed by atoms with E-state index in [-0.39, 0.29) is 24.2 Å². The number of sulfonamides is 1. The van der Waals surface area contributed by atoms with Crippen molar-refractivity contribution < 1.29 is 36.2 Å². The number of carbonyl (C=O) groups is 1. The molecule has 1 unspecified atom stereocenters. The van der Waals surface area contributed by atoms with E-state index < -0.39 is 45.7 Å². The Labute approximate surface area is 189 Å². The van der Waals surface area contributed by atoms with Crippen molar-refractivity contribution >= 4 is 15.9 Å². The van der Waals surface area contributed by atoms with E-state index in [4.69, 9.17) is 5.26 Å². The number of carbonyl (C=O) groups excluding carboxylic acids is 1. The molecule has 1 saturated heterocycles. The molecule has 33 heavy (non-hydrogen) atoms. The smallest absolute Gasteiger partial charge is 0.405 e. The molecule has 1 aliphatic heterocycles. The standard InChI is InChI=1S/C20H25F3N4O5S/c1-33(30,31)26-19(6-7-19)18(29)27-8-2-3-15(12-27)17(28)25-11-14-5-4-13(10-24)9-16(14)32-20(21,22)23/h4-5,9,15,18,26,29H,2-3,6-8,11-12H2,1H3,(H,25,28)/t15-,18?/m1/s1. The fraction of sp³-hybridized carbons (Fsp3) is 0.600. The van der Waals surface area contributed by atoms with Crippen LogP contribution >= 0.6 is 0 Å². The highest BCUT2D eigenvalue weighted by Crippen LogP contribution is 2.41. The first-order valence-corrected chi connectivity index (χ1v) is 12.2. The quantitative estimate of drug-likeness (QED) is 0.499. The molecular formula is C20H25F3N4O5S. The normalized spacial score (nSPS) is 21.6. The fourth-order valence-corrected chi connectivity index (χ4v) is 5.07. The number of ether oxygens (including phenoxy) is 1. The first kappa shape index (κ1) is 25.2. The molecule has 0 aromatic heterocycles. The zero-order valence-electron chi connectivity index (χ0n) is 17.9. The maximum absolute atomic E-state index is 12.7. The van der Waals surface area contributed by atoms with E-state index in [0.29, 0.717) is 32.2 Å². The highest BCUT2D eigenvalue weighted by Gasteiger charge is 2.53. The molecule has 3 rings (SSSR count). The minimum atomic E-state index is -4.95. The summed E-state index contributed by atoms with van der Waals surface area (Å²) in [6, 6.07) is 5.30. The lowest BCUT2D eigenvalue weighted by Crippen LogP contribution is -2.57. The van der Waals surface area contributed by atoms with Crippen molar-refractivity contribution in [3.8, 4) is 11.8 Å². The van der Waals surface area contributed by atoms with Gasteiger partial charge in [-0.3, -0.25) is 9.69 Å². The summed E-state index contributed by atoms with van der Waals surface area (Å²) < 4.78 is 67.8. The molecule has 1 aromatic rings. The first-order chi connectivity index (χ1) is 15.3. The number of hydrogen-bond donors (Lipinski definition) is 3. The topological polar surface area (TPSA) is 132 Å². The molecule has 3 N–H and O–H groups in total. The van der Waals surface area contributed by atoms with Crippen LogP contribution in [0.3, 0.4) is 0 Å². The van der Waals surface area contributed by atoms with Gasteiger partial charge in [-0.05, 0) is 37.8 Å². The van der Waals surface area contributed by atoms with E-state index in [2.05, 4.69) is 14.8 Å². The van der Waals surface area contributed by atoms with Crippen molar-refractivity contribution in [1.82, 2.24) is 14.9 Å². The molecule has 1 heterocycles. The summed E-state index contributed by atoms with van der Waals surface area (Å²) in [5.41, 5.74) is -0.919. The molecule has 2 fully saturated rings. The van der Waals surface area contributed by atoms with Crippen molar-refractivity contribution in [2.75, 3.05) is 19.3 Å². The highest BCUT2D eigenvalue weighted by atomic mass is 32.2. The predicted molar refractivity (Wildman–Crippen MR) is 110 cm³/mol. The minimum Gasteiger partial charge on any atom is -0.405 e. The van der Waals surface area contributed by atoms with Gasteiger partial charge in [0, 0.05) is 25.2 Å². The molecule has 1 aliphatic carbocycles. The van der Waals surface area contributed by atoms with Gasteiger partial charge >= 0.3 is 6.36 Å². The number of rotatable bonds is 8. The molecule has 182 valence electrons. The van der Waals surface area contributed by atoms with Gasteiger partial charge in [0.1, 0.15) is 12.0 Å². The molecule has 1 saturated carbocycles. The largest absolute Gasteiger partial charge is 0.573 e. The Morgan fingerprint density at radius 3 is 2.70 bits per heavy atom. The number of piperidine rings is 1. The zero-order chi connectivity index (χ0) is 24.4. The Kier molecular flexibility index (Phi) is 7.23. The van der Waals surface area contributed by atoms with E-state index in [1.807, 2.05) is 0 Å². The van der Waals surface area contributed by atoms with Gasteiger partial charge in [0.15, 0.2) is 0 Å². The van der Waals surface area contributed by atoms with Crippen LogP contribution in [-0.4, -0.2) is 61.8 Å². The van der Waals surface area contributed by atoms with Crippen LogP contribution in [0, 0.1) is 17.2 Å². The summed E-state index contributed by atoms with van der Waals surface area (Å²) in [5, 5.41) is 22.3. The maximum atomic E-state index is 12.7. The summed E-state index contributed by atoms with van der Waals surface area (Å²) in [6.45, 7) is 0.422. The van der Waals surface area contributed by atoms with Crippen LogP contribution < -0.4 is 14.8 Å². The summed E-state index contributed by atoms with van der Waals surface area (Å²) in [5.74, 6) is -1.51. The van der Waals surface area contributed by atoms with Gasteiger partial charge in [0.05, 0.1) is 29.3 Å². The van der Waals surface area contributed by atoms with Gasteiger partial charge in [0.25, 0.3) is 0 Å². The molecule has 0 bridgehead atoms. The Hall–Kier alpha value is -2.40. The lowest BCUT2D eigenvalue weighted by Gasteiger charge is -2.38. The average molecular weight is 491 g/mol. The number of aliphatic hydroxyl groups excluding tert-OH is 1. The average Bonchev–Trinajstić information content (AvgIpc) is 3.49. The summed E-state index contributed by atoms with van der Waals surface area (Å²) in [4.78, 5) is 14.4. The molecular weight excluding hydrogens is 465 g/mol. The van der Waals surface area contributed by atoms with Gasteiger partial charge < -0.3 is 15.2 Å². The van der Waals surface area contributed by atoms with Crippen molar-refractivity contribution in [1.29, 1.82) is 5.26 Å². The predicted octanol–water partition coefficient (Wildman–Crippen LogP) is 1.19. The van der Waals surface area contributed by atoms with Crippen LogP contribution in [0.2, 0.25) is 0 Å². The Bertz CT molecular complexity index is 1040. The number of halogens is 3. The Morgan fingerprint density at radius 1 is 1.42 bits per heavy atom. The Morgan fingerprint density at radius 2 is 2.12 bits per heavy atom. The molecule has 0 radical (unpaired) electrons. The first-order valence-electron chi connectivity index (χ1n) is 10.3. The monoisotopic (exact) mass is 490 g/mol.